The average molecular weight is 500 g/mol. The molecule has 3 aromatic rings. The van der Waals surface area contributed by atoms with E-state index in [4.69, 9.17) is 0 Å². The molecule has 2 aromatic heterocycles. The molecule has 2 atom stereocenters. The number of amides is 2. The first-order valence-electron chi connectivity index (χ1n) is 11.1. The first kappa shape index (κ1) is 25.6. The number of unbranched alkanes of at least 4 members (excludes halogenated alkanes) is 1. The van der Waals surface area contributed by atoms with E-state index < -0.39 is 23.7 Å². The van der Waals surface area contributed by atoms with Crippen LogP contribution in [0.25, 0.3) is 0 Å². The van der Waals surface area contributed by atoms with E-state index in [1.807, 2.05) is 46.8 Å². The molecule has 2 amide bonds. The van der Waals surface area contributed by atoms with E-state index in [-0.39, 0.29) is 0 Å². The van der Waals surface area contributed by atoms with Gasteiger partial charge in [0.25, 0.3) is 0 Å². The summed E-state index contributed by atoms with van der Waals surface area (Å²) >= 11 is 3.17. The van der Waals surface area contributed by atoms with Gasteiger partial charge < -0.3 is 15.7 Å². The maximum absolute atomic E-state index is 13.1. The second-order valence-electron chi connectivity index (χ2n) is 7.94. The van der Waals surface area contributed by atoms with Crippen LogP contribution < -0.4 is 10.6 Å². The predicted octanol–water partition coefficient (Wildman–Crippen LogP) is 5.02. The summed E-state index contributed by atoms with van der Waals surface area (Å²) in [5.74, 6) is -1.18. The molecule has 3 rings (SSSR count). The van der Waals surface area contributed by atoms with Gasteiger partial charge in [0.1, 0.15) is 0 Å². The van der Waals surface area contributed by atoms with Crippen LogP contribution in [0.1, 0.15) is 47.5 Å². The van der Waals surface area contributed by atoms with Crippen molar-refractivity contribution in [2.45, 2.75) is 51.0 Å². The highest BCUT2D eigenvalue weighted by Crippen LogP contribution is 2.27. The molecule has 0 aliphatic carbocycles. The van der Waals surface area contributed by atoms with E-state index in [1.54, 1.807) is 53.0 Å². The highest BCUT2D eigenvalue weighted by molar-refractivity contribution is 7.10. The maximum Gasteiger partial charge on any atom is 0.330 e. The lowest BCUT2D eigenvalue weighted by molar-refractivity contribution is -0.139. The fraction of sp³-hybridized carbons (Fsp3) is 0.320. The molecule has 34 heavy (non-hydrogen) atoms. The predicted molar refractivity (Wildman–Crippen MR) is 135 cm³/mol. The molecule has 0 unspecified atom stereocenters. The van der Waals surface area contributed by atoms with Gasteiger partial charge in [-0.15, -0.1) is 22.7 Å². The van der Waals surface area contributed by atoms with E-state index in [9.17, 15) is 19.5 Å². The number of carboxylic acids is 1. The smallest absolute Gasteiger partial charge is 0.330 e. The van der Waals surface area contributed by atoms with Crippen LogP contribution >= 0.6 is 22.7 Å². The zero-order valence-electron chi connectivity index (χ0n) is 19.0. The van der Waals surface area contributed by atoms with Crippen molar-refractivity contribution in [1.29, 1.82) is 0 Å². The average Bonchev–Trinajstić information content (AvgIpc) is 3.55. The summed E-state index contributed by atoms with van der Waals surface area (Å²) < 4.78 is 0. The molecular weight excluding hydrogens is 470 g/mol. The van der Waals surface area contributed by atoms with Gasteiger partial charge in [-0.3, -0.25) is 9.69 Å². The third-order valence-electron chi connectivity index (χ3n) is 5.51. The van der Waals surface area contributed by atoms with E-state index in [0.717, 1.165) is 22.5 Å². The number of aliphatic carboxylic acids is 1. The minimum atomic E-state index is -1.30. The summed E-state index contributed by atoms with van der Waals surface area (Å²) in [4.78, 5) is 41.7. The molecule has 0 saturated heterocycles. The van der Waals surface area contributed by atoms with Crippen molar-refractivity contribution in [3.05, 3.63) is 80.7 Å². The minimum absolute atomic E-state index is 0.403. The van der Waals surface area contributed by atoms with Gasteiger partial charge >= 0.3 is 12.0 Å². The first-order valence-corrected chi connectivity index (χ1v) is 12.9. The second-order valence-corrected chi connectivity index (χ2v) is 10.0. The molecule has 180 valence electrons. The summed E-state index contributed by atoms with van der Waals surface area (Å²) in [5, 5.41) is 19.0. The molecule has 0 aliphatic heterocycles. The van der Waals surface area contributed by atoms with Crippen molar-refractivity contribution < 1.29 is 19.5 Å². The van der Waals surface area contributed by atoms with Gasteiger partial charge in [-0.1, -0.05) is 55.8 Å². The van der Waals surface area contributed by atoms with Gasteiger partial charge in [0.15, 0.2) is 18.0 Å². The van der Waals surface area contributed by atoms with Crippen molar-refractivity contribution >= 4 is 41.0 Å². The summed E-state index contributed by atoms with van der Waals surface area (Å²) in [6, 6.07) is 14.4. The number of thiophene rings is 2. The van der Waals surface area contributed by atoms with E-state index in [1.165, 1.54) is 0 Å². The number of hydrogen-bond donors (Lipinski definition) is 3. The maximum atomic E-state index is 13.1. The van der Waals surface area contributed by atoms with Gasteiger partial charge in [-0.25, -0.2) is 9.59 Å². The van der Waals surface area contributed by atoms with Crippen LogP contribution in [-0.2, 0) is 22.7 Å². The molecule has 0 fully saturated rings. The number of aldehydes is 1. The molecule has 3 N–H and O–H groups in total. The van der Waals surface area contributed by atoms with Gasteiger partial charge in [0, 0.05) is 22.8 Å². The lowest BCUT2D eigenvalue weighted by Crippen LogP contribution is -2.63. The Balaban J connectivity index is 1.89. The van der Waals surface area contributed by atoms with Crippen LogP contribution in [0.3, 0.4) is 0 Å². The number of nitrogens with one attached hydrogen (secondary N) is 2. The molecule has 0 bridgehead atoms. The van der Waals surface area contributed by atoms with E-state index >= 15 is 0 Å². The third-order valence-corrected chi connectivity index (χ3v) is 7.23. The highest BCUT2D eigenvalue weighted by atomic mass is 32.1. The van der Waals surface area contributed by atoms with Gasteiger partial charge in [-0.2, -0.15) is 0 Å². The zero-order valence-corrected chi connectivity index (χ0v) is 20.6. The first-order chi connectivity index (χ1) is 16.5. The lowest BCUT2D eigenvalue weighted by atomic mass is 10.0. The summed E-state index contributed by atoms with van der Waals surface area (Å²) in [6.45, 7) is 2.97. The van der Waals surface area contributed by atoms with Crippen LogP contribution in [0.2, 0.25) is 0 Å². The number of benzene rings is 1. The fourth-order valence-electron chi connectivity index (χ4n) is 3.73. The molecule has 0 saturated carbocycles. The number of hydrogen-bond acceptors (Lipinski definition) is 6. The Kier molecular flexibility index (Phi) is 9.38. The Labute approximate surface area is 207 Å². The second kappa shape index (κ2) is 12.5. The summed E-state index contributed by atoms with van der Waals surface area (Å²) in [7, 11) is 0. The normalized spacial score (nSPS) is 13.7. The molecule has 1 aromatic carbocycles. The fourth-order valence-corrected chi connectivity index (χ4v) is 5.16. The molecule has 2 heterocycles. The van der Waals surface area contributed by atoms with Crippen LogP contribution in [0.15, 0.2) is 65.4 Å². The zero-order chi connectivity index (χ0) is 24.4. The molecular formula is C25H29N3O4S2. The lowest BCUT2D eigenvalue weighted by Gasteiger charge is -2.40. The number of urea groups is 1. The molecule has 7 nitrogen and oxygen atoms in total. The number of carbonyl (C=O) groups excluding carboxylic acids is 2. The number of rotatable bonds is 13. The van der Waals surface area contributed by atoms with Crippen molar-refractivity contribution in [2.24, 2.45) is 0 Å². The van der Waals surface area contributed by atoms with Crippen molar-refractivity contribution in [3.63, 3.8) is 0 Å². The summed E-state index contributed by atoms with van der Waals surface area (Å²) in [6.07, 6.45) is 2.74. The molecule has 0 aliphatic rings. The number of carboxylic acid groups (broad SMARTS) is 1. The van der Waals surface area contributed by atoms with Crippen molar-refractivity contribution in [2.75, 3.05) is 0 Å². The monoisotopic (exact) mass is 499 g/mol. The minimum Gasteiger partial charge on any atom is -0.479 e. The van der Waals surface area contributed by atoms with Crippen LogP contribution in [-0.4, -0.2) is 34.0 Å². The SMILES string of the molecule is CCCC[C@](C=O)(NC(=O)N[C@@H](C(=O)O)c1ccccc1)N(Cc1cccs1)Cc1cccs1. The molecule has 9 heteroatoms. The van der Waals surface area contributed by atoms with Crippen molar-refractivity contribution in [1.82, 2.24) is 15.5 Å². The highest BCUT2D eigenvalue weighted by Gasteiger charge is 2.39. The molecule has 0 radical (unpaired) electrons. The summed E-state index contributed by atoms with van der Waals surface area (Å²) in [5.41, 5.74) is -0.849. The van der Waals surface area contributed by atoms with Crippen LogP contribution in [0.4, 0.5) is 4.79 Å². The Hall–Kier alpha value is -3.01. The van der Waals surface area contributed by atoms with E-state index in [0.29, 0.717) is 31.5 Å². The Morgan fingerprint density at radius 3 is 2.12 bits per heavy atom. The van der Waals surface area contributed by atoms with Crippen LogP contribution in [0, 0.1) is 0 Å². The Bertz CT molecular complexity index is 1010. The van der Waals surface area contributed by atoms with Gasteiger partial charge in [0.2, 0.25) is 0 Å². The Morgan fingerprint density at radius 1 is 1.03 bits per heavy atom. The Morgan fingerprint density at radius 2 is 1.65 bits per heavy atom. The standard InChI is InChI=1S/C25H29N3O4S2/c1-2-3-13-25(18-29,27-24(32)26-22(23(30)31)19-9-5-4-6-10-19)28(16-20-11-7-14-33-20)17-21-12-8-15-34-21/h4-12,14-15,18,22H,2-3,13,16-17H2,1H3,(H,30,31)(H2,26,27,32)/t22-,25+/m1/s1. The molecule has 0 spiro atoms. The van der Waals surface area contributed by atoms with Gasteiger partial charge in [-0.05, 0) is 41.3 Å². The largest absolute Gasteiger partial charge is 0.479 e. The van der Waals surface area contributed by atoms with Crippen LogP contribution in [0.5, 0.6) is 0 Å². The number of carbonyl (C=O) groups is 3. The topological polar surface area (TPSA) is 98.7 Å². The quantitative estimate of drug-likeness (QED) is 0.227. The van der Waals surface area contributed by atoms with Gasteiger partial charge in [0.05, 0.1) is 0 Å². The van der Waals surface area contributed by atoms with E-state index in [2.05, 4.69) is 10.6 Å². The number of nitrogens with zero attached hydrogens (tertiary/aromatic N) is 1. The third kappa shape index (κ3) is 6.75. The van der Waals surface area contributed by atoms with Crippen molar-refractivity contribution in [3.8, 4) is 0 Å².